The van der Waals surface area contributed by atoms with Crippen molar-refractivity contribution in [1.82, 2.24) is 15.3 Å². The van der Waals surface area contributed by atoms with Crippen LogP contribution in [0.15, 0.2) is 65.1 Å². The van der Waals surface area contributed by atoms with Gasteiger partial charge in [-0.05, 0) is 36.4 Å². The fraction of sp³-hybridized carbons (Fsp3) is 0.105. The molecule has 0 fully saturated rings. The molecule has 0 saturated carbocycles. The Bertz CT molecular complexity index is 940. The number of para-hydroxylation sites is 2. The van der Waals surface area contributed by atoms with E-state index < -0.39 is 0 Å². The molecule has 0 aliphatic heterocycles. The second-order valence-electron chi connectivity index (χ2n) is 5.58. The Labute approximate surface area is 144 Å². The number of imidazole rings is 1. The molecule has 4 rings (SSSR count). The molecular weight excluding hydrogens is 322 g/mol. The summed E-state index contributed by atoms with van der Waals surface area (Å²) in [4.78, 5) is 7.84. The van der Waals surface area contributed by atoms with E-state index in [9.17, 15) is 0 Å². The summed E-state index contributed by atoms with van der Waals surface area (Å²) >= 11 is 6.02. The van der Waals surface area contributed by atoms with Crippen LogP contribution < -0.4 is 5.32 Å². The SMILES string of the molecule is Clc1cccc(-c2ccc(CNCc3nc4ccccc4[nH]3)o2)c1. The van der Waals surface area contributed by atoms with Gasteiger partial charge in [0.2, 0.25) is 0 Å². The van der Waals surface area contributed by atoms with Crippen molar-refractivity contribution in [1.29, 1.82) is 0 Å². The van der Waals surface area contributed by atoms with E-state index in [2.05, 4.69) is 15.3 Å². The van der Waals surface area contributed by atoms with Gasteiger partial charge in [-0.2, -0.15) is 0 Å². The van der Waals surface area contributed by atoms with Gasteiger partial charge in [-0.3, -0.25) is 0 Å². The van der Waals surface area contributed by atoms with Crippen LogP contribution in [-0.4, -0.2) is 9.97 Å². The lowest BCUT2D eigenvalue weighted by atomic mass is 10.2. The van der Waals surface area contributed by atoms with Gasteiger partial charge >= 0.3 is 0 Å². The van der Waals surface area contributed by atoms with E-state index in [1.165, 1.54) is 0 Å². The lowest BCUT2D eigenvalue weighted by Crippen LogP contribution is -2.13. The van der Waals surface area contributed by atoms with Crippen LogP contribution in [0.4, 0.5) is 0 Å². The van der Waals surface area contributed by atoms with Gasteiger partial charge in [0.15, 0.2) is 0 Å². The van der Waals surface area contributed by atoms with Crippen molar-refractivity contribution in [3.63, 3.8) is 0 Å². The van der Waals surface area contributed by atoms with Gasteiger partial charge in [0.1, 0.15) is 17.3 Å². The smallest absolute Gasteiger partial charge is 0.134 e. The molecule has 0 radical (unpaired) electrons. The van der Waals surface area contributed by atoms with Crippen molar-refractivity contribution in [3.8, 4) is 11.3 Å². The van der Waals surface area contributed by atoms with E-state index in [0.29, 0.717) is 18.1 Å². The number of rotatable bonds is 5. The Morgan fingerprint density at radius 2 is 1.92 bits per heavy atom. The topological polar surface area (TPSA) is 53.9 Å². The first kappa shape index (κ1) is 15.0. The number of hydrogen-bond acceptors (Lipinski definition) is 3. The molecule has 0 saturated heterocycles. The molecule has 2 aromatic carbocycles. The Balaban J connectivity index is 1.39. The Morgan fingerprint density at radius 1 is 1.00 bits per heavy atom. The van der Waals surface area contributed by atoms with Crippen LogP contribution in [0.1, 0.15) is 11.6 Å². The van der Waals surface area contributed by atoms with Crippen LogP contribution >= 0.6 is 11.6 Å². The van der Waals surface area contributed by atoms with Gasteiger partial charge in [0.25, 0.3) is 0 Å². The molecular formula is C19H16ClN3O. The van der Waals surface area contributed by atoms with Crippen LogP contribution in [0, 0.1) is 0 Å². The number of aromatic nitrogens is 2. The van der Waals surface area contributed by atoms with E-state index in [0.717, 1.165) is 33.9 Å². The Hall–Kier alpha value is -2.56. The number of furan rings is 1. The summed E-state index contributed by atoms with van der Waals surface area (Å²) in [5, 5.41) is 4.04. The van der Waals surface area contributed by atoms with Gasteiger partial charge in [0, 0.05) is 10.6 Å². The summed E-state index contributed by atoms with van der Waals surface area (Å²) in [7, 11) is 0. The van der Waals surface area contributed by atoms with Gasteiger partial charge in [0.05, 0.1) is 24.1 Å². The molecule has 2 aromatic heterocycles. The minimum atomic E-state index is 0.637. The van der Waals surface area contributed by atoms with E-state index in [-0.39, 0.29) is 0 Å². The van der Waals surface area contributed by atoms with Crippen molar-refractivity contribution >= 4 is 22.6 Å². The molecule has 0 bridgehead atoms. The number of benzene rings is 2. The number of fused-ring (bicyclic) bond motifs is 1. The second kappa shape index (κ2) is 6.51. The standard InChI is InChI=1S/C19H16ClN3O/c20-14-5-3-4-13(10-14)18-9-8-15(24-18)11-21-12-19-22-16-6-1-2-7-17(16)23-19/h1-10,21H,11-12H2,(H,22,23). The van der Waals surface area contributed by atoms with Gasteiger partial charge in [-0.1, -0.05) is 35.9 Å². The first-order valence-corrected chi connectivity index (χ1v) is 8.15. The van der Waals surface area contributed by atoms with Crippen molar-refractivity contribution in [2.45, 2.75) is 13.1 Å². The summed E-state index contributed by atoms with van der Waals surface area (Å²) in [6, 6.07) is 19.6. The van der Waals surface area contributed by atoms with E-state index in [1.54, 1.807) is 0 Å². The molecule has 4 aromatic rings. The third kappa shape index (κ3) is 3.20. The highest BCUT2D eigenvalue weighted by molar-refractivity contribution is 6.30. The third-order valence-electron chi connectivity index (χ3n) is 3.80. The van der Waals surface area contributed by atoms with Crippen molar-refractivity contribution in [2.24, 2.45) is 0 Å². The fourth-order valence-electron chi connectivity index (χ4n) is 2.66. The quantitative estimate of drug-likeness (QED) is 0.551. The highest BCUT2D eigenvalue weighted by atomic mass is 35.5. The second-order valence-corrected chi connectivity index (χ2v) is 6.02. The minimum Gasteiger partial charge on any atom is -0.460 e. The molecule has 0 unspecified atom stereocenters. The largest absolute Gasteiger partial charge is 0.460 e. The molecule has 4 nitrogen and oxygen atoms in total. The Morgan fingerprint density at radius 3 is 2.79 bits per heavy atom. The van der Waals surface area contributed by atoms with Crippen LogP contribution in [0.25, 0.3) is 22.4 Å². The lowest BCUT2D eigenvalue weighted by molar-refractivity contribution is 0.491. The van der Waals surface area contributed by atoms with Gasteiger partial charge in [-0.15, -0.1) is 0 Å². The predicted molar refractivity (Wildman–Crippen MR) is 95.8 cm³/mol. The number of hydrogen-bond donors (Lipinski definition) is 2. The molecule has 120 valence electrons. The molecule has 2 heterocycles. The molecule has 5 heteroatoms. The zero-order chi connectivity index (χ0) is 16.4. The minimum absolute atomic E-state index is 0.637. The monoisotopic (exact) mass is 337 g/mol. The van der Waals surface area contributed by atoms with Crippen LogP contribution in [0.2, 0.25) is 5.02 Å². The normalized spacial score (nSPS) is 11.2. The summed E-state index contributed by atoms with van der Waals surface area (Å²) in [5.74, 6) is 2.61. The highest BCUT2D eigenvalue weighted by Crippen LogP contribution is 2.24. The maximum absolute atomic E-state index is 6.02. The van der Waals surface area contributed by atoms with Crippen LogP contribution in [0.5, 0.6) is 0 Å². The van der Waals surface area contributed by atoms with Gasteiger partial charge < -0.3 is 14.7 Å². The maximum Gasteiger partial charge on any atom is 0.134 e. The number of aromatic amines is 1. The predicted octanol–water partition coefficient (Wildman–Crippen LogP) is 4.77. The zero-order valence-corrected chi connectivity index (χ0v) is 13.7. The molecule has 0 aliphatic carbocycles. The summed E-state index contributed by atoms with van der Waals surface area (Å²) in [6.07, 6.45) is 0. The fourth-order valence-corrected chi connectivity index (χ4v) is 2.85. The van der Waals surface area contributed by atoms with Crippen LogP contribution in [0.3, 0.4) is 0 Å². The molecule has 0 amide bonds. The molecule has 2 N–H and O–H groups in total. The molecule has 0 atom stereocenters. The lowest BCUT2D eigenvalue weighted by Gasteiger charge is -2.00. The third-order valence-corrected chi connectivity index (χ3v) is 4.04. The number of halogens is 1. The first-order valence-electron chi connectivity index (χ1n) is 7.77. The summed E-state index contributed by atoms with van der Waals surface area (Å²) in [5.41, 5.74) is 3.01. The highest BCUT2D eigenvalue weighted by Gasteiger charge is 2.06. The van der Waals surface area contributed by atoms with E-state index in [4.69, 9.17) is 16.0 Å². The van der Waals surface area contributed by atoms with E-state index >= 15 is 0 Å². The van der Waals surface area contributed by atoms with Crippen molar-refractivity contribution in [2.75, 3.05) is 0 Å². The van der Waals surface area contributed by atoms with Crippen LogP contribution in [-0.2, 0) is 13.1 Å². The molecule has 0 aliphatic rings. The average molecular weight is 338 g/mol. The average Bonchev–Trinajstić information content (AvgIpc) is 3.21. The maximum atomic E-state index is 6.02. The number of nitrogens with one attached hydrogen (secondary N) is 2. The summed E-state index contributed by atoms with van der Waals surface area (Å²) in [6.45, 7) is 1.29. The summed E-state index contributed by atoms with van der Waals surface area (Å²) < 4.78 is 5.87. The Kier molecular flexibility index (Phi) is 4.07. The molecule has 0 spiro atoms. The zero-order valence-electron chi connectivity index (χ0n) is 12.9. The number of nitrogens with zero attached hydrogens (tertiary/aromatic N) is 1. The van der Waals surface area contributed by atoms with E-state index in [1.807, 2.05) is 60.7 Å². The van der Waals surface area contributed by atoms with Gasteiger partial charge in [-0.25, -0.2) is 4.98 Å². The number of H-pyrrole nitrogens is 1. The first-order chi connectivity index (χ1) is 11.8. The molecule has 24 heavy (non-hydrogen) atoms. The van der Waals surface area contributed by atoms with Crippen molar-refractivity contribution < 1.29 is 4.42 Å². The van der Waals surface area contributed by atoms with Crippen molar-refractivity contribution in [3.05, 3.63) is 77.3 Å².